The number of hydrogen-bond donors (Lipinski definition) is 0. The Kier molecular flexibility index (Phi) is 4.90. The molecule has 2 aromatic heterocycles. The number of anilines is 1. The van der Waals surface area contributed by atoms with Crippen LogP contribution in [-0.2, 0) is 11.3 Å². The Morgan fingerprint density at radius 3 is 2.52 bits per heavy atom. The maximum absolute atomic E-state index is 12.2. The van der Waals surface area contributed by atoms with Gasteiger partial charge in [-0.05, 0) is 38.7 Å². The number of piperazine rings is 1. The first kappa shape index (κ1) is 18.9. The van der Waals surface area contributed by atoms with Crippen molar-refractivity contribution in [2.75, 3.05) is 31.1 Å². The molecule has 1 amide bonds. The number of hydrogen-bond acceptors (Lipinski definition) is 7. The van der Waals surface area contributed by atoms with Gasteiger partial charge in [0.1, 0.15) is 17.5 Å². The van der Waals surface area contributed by atoms with Crippen molar-refractivity contribution in [1.29, 1.82) is 0 Å². The van der Waals surface area contributed by atoms with Crippen LogP contribution < -0.4 is 4.90 Å². The lowest BCUT2D eigenvalue weighted by atomic mass is 10.2. The summed E-state index contributed by atoms with van der Waals surface area (Å²) in [5.74, 6) is -0.0470. The van der Waals surface area contributed by atoms with Gasteiger partial charge in [-0.25, -0.2) is 9.78 Å². The molecule has 0 N–H and O–H groups in total. The van der Waals surface area contributed by atoms with Gasteiger partial charge in [0.2, 0.25) is 5.65 Å². The summed E-state index contributed by atoms with van der Waals surface area (Å²) in [7, 11) is 0. The molecule has 0 saturated carbocycles. The van der Waals surface area contributed by atoms with Crippen LogP contribution in [0.3, 0.4) is 0 Å². The van der Waals surface area contributed by atoms with E-state index >= 15 is 0 Å². The summed E-state index contributed by atoms with van der Waals surface area (Å²) in [4.78, 5) is 31.2. The fourth-order valence-electron chi connectivity index (χ4n) is 3.05. The van der Waals surface area contributed by atoms with Crippen molar-refractivity contribution in [2.24, 2.45) is 0 Å². The summed E-state index contributed by atoms with van der Waals surface area (Å²) in [5, 5.41) is 16.0. The van der Waals surface area contributed by atoms with Gasteiger partial charge in [0, 0.05) is 26.2 Å². The number of aryl methyl sites for hydroxylation is 1. The summed E-state index contributed by atoms with van der Waals surface area (Å²) in [6, 6.07) is 1.75. The second-order valence-electron chi connectivity index (χ2n) is 7.42. The van der Waals surface area contributed by atoms with Crippen molar-refractivity contribution < 1.29 is 14.5 Å². The Morgan fingerprint density at radius 1 is 1.30 bits per heavy atom. The summed E-state index contributed by atoms with van der Waals surface area (Å²) in [5.41, 5.74) is 0.617. The van der Waals surface area contributed by atoms with Crippen LogP contribution >= 0.6 is 0 Å². The first-order valence-electron chi connectivity index (χ1n) is 8.93. The van der Waals surface area contributed by atoms with Crippen LogP contribution in [0.1, 0.15) is 27.7 Å². The number of amides is 1. The highest BCUT2D eigenvalue weighted by atomic mass is 16.6. The number of nitrogens with zero attached hydrogens (tertiary/aromatic N) is 6. The summed E-state index contributed by atoms with van der Waals surface area (Å²) in [6.07, 6.45) is 1.35. The third kappa shape index (κ3) is 3.93. The van der Waals surface area contributed by atoms with Crippen LogP contribution in [0, 0.1) is 10.1 Å². The Bertz CT molecular complexity index is 864. The van der Waals surface area contributed by atoms with Crippen LogP contribution in [0.5, 0.6) is 0 Å². The van der Waals surface area contributed by atoms with Gasteiger partial charge in [0.15, 0.2) is 0 Å². The molecule has 3 heterocycles. The molecule has 0 aliphatic carbocycles. The number of pyridine rings is 1. The largest absolute Gasteiger partial charge is 0.444 e. The molecule has 10 nitrogen and oxygen atoms in total. The molecule has 10 heteroatoms. The monoisotopic (exact) mass is 376 g/mol. The van der Waals surface area contributed by atoms with E-state index in [1.807, 2.05) is 20.8 Å². The van der Waals surface area contributed by atoms with E-state index in [-0.39, 0.29) is 11.9 Å². The van der Waals surface area contributed by atoms with Crippen LogP contribution in [0.15, 0.2) is 12.3 Å². The second-order valence-corrected chi connectivity index (χ2v) is 7.42. The zero-order valence-corrected chi connectivity index (χ0v) is 16.0. The van der Waals surface area contributed by atoms with Crippen molar-refractivity contribution in [3.63, 3.8) is 0 Å². The van der Waals surface area contributed by atoms with Crippen molar-refractivity contribution in [2.45, 2.75) is 39.8 Å². The fourth-order valence-corrected chi connectivity index (χ4v) is 3.05. The highest BCUT2D eigenvalue weighted by molar-refractivity contribution is 5.86. The lowest BCUT2D eigenvalue weighted by Crippen LogP contribution is -2.50. The average Bonchev–Trinajstić information content (AvgIpc) is 2.98. The maximum atomic E-state index is 12.2. The third-order valence-corrected chi connectivity index (χ3v) is 4.32. The van der Waals surface area contributed by atoms with Gasteiger partial charge < -0.3 is 24.7 Å². The summed E-state index contributed by atoms with van der Waals surface area (Å²) < 4.78 is 6.75. The molecule has 0 unspecified atom stereocenters. The van der Waals surface area contributed by atoms with Gasteiger partial charge in [-0.1, -0.05) is 5.10 Å². The van der Waals surface area contributed by atoms with E-state index in [0.29, 0.717) is 43.8 Å². The number of fused-ring (bicyclic) bond motifs is 1. The summed E-state index contributed by atoms with van der Waals surface area (Å²) >= 11 is 0. The molecule has 0 spiro atoms. The van der Waals surface area contributed by atoms with Gasteiger partial charge in [-0.15, -0.1) is 4.68 Å². The molecule has 146 valence electrons. The lowest BCUT2D eigenvalue weighted by Gasteiger charge is -2.36. The van der Waals surface area contributed by atoms with Gasteiger partial charge in [0.25, 0.3) is 0 Å². The van der Waals surface area contributed by atoms with E-state index in [4.69, 9.17) is 4.74 Å². The Morgan fingerprint density at radius 2 is 1.96 bits per heavy atom. The SMILES string of the molecule is CCn1nc2ncc(N3CCN(C(=O)OC(C)(C)C)CC3)cc2c1[N+](=O)[O-]. The average molecular weight is 376 g/mol. The number of aromatic nitrogens is 3. The zero-order chi connectivity index (χ0) is 19.8. The van der Waals surface area contributed by atoms with Crippen molar-refractivity contribution in [3.05, 3.63) is 22.4 Å². The molecular formula is C17H24N6O4. The molecule has 0 atom stereocenters. The molecule has 27 heavy (non-hydrogen) atoms. The molecule has 0 radical (unpaired) electrons. The van der Waals surface area contributed by atoms with E-state index in [2.05, 4.69) is 15.0 Å². The quantitative estimate of drug-likeness (QED) is 0.598. The first-order valence-corrected chi connectivity index (χ1v) is 8.93. The number of carbonyl (C=O) groups is 1. The van der Waals surface area contributed by atoms with Crippen LogP contribution in [0.2, 0.25) is 0 Å². The minimum absolute atomic E-state index is 0.0470. The molecule has 2 aromatic rings. The predicted molar refractivity (Wildman–Crippen MR) is 99.9 cm³/mol. The minimum atomic E-state index is -0.526. The molecule has 0 aromatic carbocycles. The molecular weight excluding hydrogens is 352 g/mol. The highest BCUT2D eigenvalue weighted by Crippen LogP contribution is 2.28. The molecule has 0 bridgehead atoms. The molecule has 3 rings (SSSR count). The van der Waals surface area contributed by atoms with E-state index in [1.165, 1.54) is 4.68 Å². The standard InChI is InChI=1S/C17H24N6O4/c1-5-22-15(23(25)26)13-10-12(11-18-14(13)19-22)20-6-8-21(9-7-20)16(24)27-17(2,3)4/h10-11H,5-9H2,1-4H3. The molecule has 1 fully saturated rings. The van der Waals surface area contributed by atoms with Crippen molar-refractivity contribution in [3.8, 4) is 0 Å². The van der Waals surface area contributed by atoms with Crippen LogP contribution in [0.4, 0.5) is 16.3 Å². The van der Waals surface area contributed by atoms with Gasteiger partial charge in [-0.3, -0.25) is 0 Å². The van der Waals surface area contributed by atoms with Crippen molar-refractivity contribution >= 4 is 28.6 Å². The predicted octanol–water partition coefficient (Wildman–Crippen LogP) is 2.42. The smallest absolute Gasteiger partial charge is 0.410 e. The first-order chi connectivity index (χ1) is 12.7. The van der Waals surface area contributed by atoms with Crippen molar-refractivity contribution in [1.82, 2.24) is 19.7 Å². The maximum Gasteiger partial charge on any atom is 0.410 e. The third-order valence-electron chi connectivity index (χ3n) is 4.32. The minimum Gasteiger partial charge on any atom is -0.444 e. The number of carbonyl (C=O) groups excluding carboxylic acids is 1. The van der Waals surface area contributed by atoms with E-state index < -0.39 is 10.5 Å². The Balaban J connectivity index is 1.76. The topological polar surface area (TPSA) is 107 Å². The Labute approximate surface area is 156 Å². The number of rotatable bonds is 3. The lowest BCUT2D eigenvalue weighted by molar-refractivity contribution is -0.390. The molecule has 1 aliphatic rings. The molecule has 1 aliphatic heterocycles. The van der Waals surface area contributed by atoms with Crippen LogP contribution in [0.25, 0.3) is 11.0 Å². The van der Waals surface area contributed by atoms with Crippen LogP contribution in [-0.4, -0.2) is 62.5 Å². The van der Waals surface area contributed by atoms with E-state index in [9.17, 15) is 14.9 Å². The van der Waals surface area contributed by atoms with Gasteiger partial charge in [-0.2, -0.15) is 0 Å². The van der Waals surface area contributed by atoms with E-state index in [1.54, 1.807) is 24.1 Å². The number of nitro groups is 1. The zero-order valence-electron chi connectivity index (χ0n) is 16.0. The number of ether oxygens (including phenoxy) is 1. The summed E-state index contributed by atoms with van der Waals surface area (Å²) in [6.45, 7) is 9.95. The van der Waals surface area contributed by atoms with E-state index in [0.717, 1.165) is 5.69 Å². The fraction of sp³-hybridized carbons (Fsp3) is 0.588. The van der Waals surface area contributed by atoms with Gasteiger partial charge >= 0.3 is 11.9 Å². The molecule has 1 saturated heterocycles. The van der Waals surface area contributed by atoms with Gasteiger partial charge in [0.05, 0.1) is 11.9 Å². The Hall–Kier alpha value is -2.91. The highest BCUT2D eigenvalue weighted by Gasteiger charge is 2.27. The normalized spacial score (nSPS) is 15.3. The second kappa shape index (κ2) is 7.01.